The van der Waals surface area contributed by atoms with Crippen LogP contribution in [0.15, 0.2) is 34.5 Å². The summed E-state index contributed by atoms with van der Waals surface area (Å²) in [4.78, 5) is 29.4. The molecule has 0 amide bonds. The molecule has 0 N–H and O–H groups in total. The second-order valence-corrected chi connectivity index (χ2v) is 6.38. The zero-order chi connectivity index (χ0) is 18.7. The Morgan fingerprint density at radius 1 is 1.24 bits per heavy atom. The van der Waals surface area contributed by atoms with E-state index in [4.69, 9.17) is 32.7 Å². The van der Waals surface area contributed by atoms with Crippen molar-refractivity contribution >= 4 is 40.9 Å². The van der Waals surface area contributed by atoms with E-state index in [2.05, 4.69) is 4.99 Å². The van der Waals surface area contributed by atoms with Crippen molar-refractivity contribution in [2.24, 2.45) is 10.9 Å². The summed E-state index contributed by atoms with van der Waals surface area (Å²) in [5.41, 5.74) is 1.86. The van der Waals surface area contributed by atoms with Crippen LogP contribution >= 0.6 is 23.2 Å². The predicted octanol–water partition coefficient (Wildman–Crippen LogP) is 4.18. The van der Waals surface area contributed by atoms with Gasteiger partial charge in [-0.1, -0.05) is 35.3 Å². The van der Waals surface area contributed by atoms with Gasteiger partial charge in [-0.2, -0.15) is 0 Å². The fourth-order valence-electron chi connectivity index (χ4n) is 3.04. The Morgan fingerprint density at radius 2 is 1.92 bits per heavy atom. The molecule has 1 heterocycles. The molecule has 5 nitrogen and oxygen atoms in total. The van der Waals surface area contributed by atoms with Crippen molar-refractivity contribution in [2.75, 3.05) is 13.7 Å². The summed E-state index contributed by atoms with van der Waals surface area (Å²) in [5, 5.41) is 0.621. The van der Waals surface area contributed by atoms with Crippen molar-refractivity contribution in [1.29, 1.82) is 0 Å². The van der Waals surface area contributed by atoms with Gasteiger partial charge in [0.15, 0.2) is 0 Å². The van der Waals surface area contributed by atoms with E-state index < -0.39 is 23.8 Å². The zero-order valence-corrected chi connectivity index (χ0v) is 15.9. The summed E-state index contributed by atoms with van der Waals surface area (Å²) in [6.45, 7) is 5.34. The van der Waals surface area contributed by atoms with E-state index in [0.29, 0.717) is 22.0 Å². The zero-order valence-electron chi connectivity index (χ0n) is 14.4. The van der Waals surface area contributed by atoms with Crippen LogP contribution in [0.25, 0.3) is 0 Å². The van der Waals surface area contributed by atoms with Crippen LogP contribution in [-0.2, 0) is 19.1 Å². The quantitative estimate of drug-likeness (QED) is 0.731. The largest absolute Gasteiger partial charge is 0.468 e. The van der Waals surface area contributed by atoms with Gasteiger partial charge in [-0.25, -0.2) is 4.79 Å². The highest BCUT2D eigenvalue weighted by molar-refractivity contribution is 6.42. The van der Waals surface area contributed by atoms with E-state index in [0.717, 1.165) is 0 Å². The molecule has 0 saturated carbocycles. The van der Waals surface area contributed by atoms with Gasteiger partial charge in [0, 0.05) is 17.3 Å². The third kappa shape index (κ3) is 3.72. The molecule has 0 aliphatic carbocycles. The van der Waals surface area contributed by atoms with Gasteiger partial charge in [-0.05, 0) is 32.4 Å². The minimum Gasteiger partial charge on any atom is -0.468 e. The van der Waals surface area contributed by atoms with E-state index in [-0.39, 0.29) is 17.2 Å². The highest BCUT2D eigenvalue weighted by Gasteiger charge is 2.43. The first kappa shape index (κ1) is 19.5. The fraction of sp³-hybridized carbons (Fsp3) is 0.389. The molecule has 1 aromatic rings. The number of hydrogen-bond donors (Lipinski definition) is 0. The van der Waals surface area contributed by atoms with Gasteiger partial charge in [0.1, 0.15) is 5.92 Å². The topological polar surface area (TPSA) is 65.0 Å². The Kier molecular flexibility index (Phi) is 6.25. The lowest BCUT2D eigenvalue weighted by Crippen LogP contribution is -2.36. The summed E-state index contributed by atoms with van der Waals surface area (Å²) < 4.78 is 10.1. The monoisotopic (exact) mass is 383 g/mol. The van der Waals surface area contributed by atoms with E-state index in [1.54, 1.807) is 39.0 Å². The highest BCUT2D eigenvalue weighted by atomic mass is 35.5. The van der Waals surface area contributed by atoms with Gasteiger partial charge in [0.2, 0.25) is 0 Å². The number of esters is 2. The Labute approximate surface area is 156 Å². The van der Waals surface area contributed by atoms with Crippen molar-refractivity contribution in [2.45, 2.75) is 26.7 Å². The van der Waals surface area contributed by atoms with Crippen molar-refractivity contribution in [3.8, 4) is 0 Å². The lowest BCUT2D eigenvalue weighted by atomic mass is 9.75. The summed E-state index contributed by atoms with van der Waals surface area (Å²) in [6.07, 6.45) is 0. The standard InChI is InChI=1S/C18H19Cl2NO4/c1-5-25-18(23)14-10(3)21-9(2)13(17(22)24-4)15(14)11-7-6-8-12(19)16(11)20/h6-8,13,15H,5H2,1-4H3/t13?,15-/m1/s1. The van der Waals surface area contributed by atoms with Gasteiger partial charge < -0.3 is 9.47 Å². The molecule has 0 aromatic heterocycles. The van der Waals surface area contributed by atoms with Gasteiger partial charge in [0.05, 0.1) is 29.3 Å². The maximum absolute atomic E-state index is 12.6. The highest BCUT2D eigenvalue weighted by Crippen LogP contribution is 2.44. The van der Waals surface area contributed by atoms with Crippen LogP contribution < -0.4 is 0 Å². The molecule has 1 aliphatic heterocycles. The Bertz CT molecular complexity index is 770. The maximum atomic E-state index is 12.6. The van der Waals surface area contributed by atoms with Crippen LogP contribution in [0.5, 0.6) is 0 Å². The van der Waals surface area contributed by atoms with Crippen LogP contribution in [0, 0.1) is 5.92 Å². The molecule has 7 heteroatoms. The molecule has 25 heavy (non-hydrogen) atoms. The molecule has 0 radical (unpaired) electrons. The number of ether oxygens (including phenoxy) is 2. The van der Waals surface area contributed by atoms with Crippen molar-refractivity contribution in [3.05, 3.63) is 45.1 Å². The lowest BCUT2D eigenvalue weighted by Gasteiger charge is -2.31. The van der Waals surface area contributed by atoms with Crippen molar-refractivity contribution < 1.29 is 19.1 Å². The van der Waals surface area contributed by atoms with E-state index in [9.17, 15) is 9.59 Å². The molecular weight excluding hydrogens is 365 g/mol. The fourth-order valence-corrected chi connectivity index (χ4v) is 3.47. The minimum absolute atomic E-state index is 0.206. The number of carbonyl (C=O) groups excluding carboxylic acids is 2. The van der Waals surface area contributed by atoms with Gasteiger partial charge in [-0.3, -0.25) is 9.79 Å². The molecule has 2 atom stereocenters. The van der Waals surface area contributed by atoms with Gasteiger partial charge in [0.25, 0.3) is 0 Å². The molecule has 0 spiro atoms. The van der Waals surface area contributed by atoms with E-state index >= 15 is 0 Å². The Morgan fingerprint density at radius 3 is 2.52 bits per heavy atom. The first-order valence-corrected chi connectivity index (χ1v) is 8.53. The molecule has 0 bridgehead atoms. The minimum atomic E-state index is -0.788. The SMILES string of the molecule is CCOC(=O)C1=C(C)N=C(C)C(C(=O)OC)[C@H]1c1cccc(Cl)c1Cl. The number of benzene rings is 1. The van der Waals surface area contributed by atoms with E-state index in [1.165, 1.54) is 7.11 Å². The van der Waals surface area contributed by atoms with Crippen LogP contribution in [0.1, 0.15) is 32.3 Å². The summed E-state index contributed by atoms with van der Waals surface area (Å²) in [5.74, 6) is -2.51. The number of rotatable bonds is 4. The average molecular weight is 384 g/mol. The summed E-state index contributed by atoms with van der Waals surface area (Å²) >= 11 is 12.5. The number of carbonyl (C=O) groups is 2. The normalized spacial score (nSPS) is 20.2. The van der Waals surface area contributed by atoms with Crippen molar-refractivity contribution in [1.82, 2.24) is 0 Å². The second-order valence-electron chi connectivity index (χ2n) is 5.59. The second kappa shape index (κ2) is 8.02. The lowest BCUT2D eigenvalue weighted by molar-refractivity contribution is -0.144. The Balaban J connectivity index is 2.72. The van der Waals surface area contributed by atoms with Crippen LogP contribution in [0.4, 0.5) is 0 Å². The summed E-state index contributed by atoms with van der Waals surface area (Å²) in [6, 6.07) is 5.10. The predicted molar refractivity (Wildman–Crippen MR) is 97.2 cm³/mol. The molecular formula is C18H19Cl2NO4. The third-order valence-electron chi connectivity index (χ3n) is 4.10. The first-order chi connectivity index (χ1) is 11.8. The van der Waals surface area contributed by atoms with E-state index in [1.807, 2.05) is 0 Å². The molecule has 2 rings (SSSR count). The third-order valence-corrected chi connectivity index (χ3v) is 4.93. The number of hydrogen-bond acceptors (Lipinski definition) is 5. The number of nitrogens with zero attached hydrogens (tertiary/aromatic N) is 1. The smallest absolute Gasteiger partial charge is 0.336 e. The number of methoxy groups -OCH3 is 1. The summed E-state index contributed by atoms with van der Waals surface area (Å²) in [7, 11) is 1.29. The number of allylic oxidation sites excluding steroid dienone is 1. The maximum Gasteiger partial charge on any atom is 0.336 e. The van der Waals surface area contributed by atoms with Gasteiger partial charge >= 0.3 is 11.9 Å². The van der Waals surface area contributed by atoms with Crippen LogP contribution in [-0.4, -0.2) is 31.4 Å². The van der Waals surface area contributed by atoms with Gasteiger partial charge in [-0.15, -0.1) is 0 Å². The molecule has 1 aliphatic rings. The molecule has 0 fully saturated rings. The Hall–Kier alpha value is -1.85. The van der Waals surface area contributed by atoms with Crippen molar-refractivity contribution in [3.63, 3.8) is 0 Å². The average Bonchev–Trinajstić information content (AvgIpc) is 2.56. The van der Waals surface area contributed by atoms with Crippen LogP contribution in [0.2, 0.25) is 10.0 Å². The first-order valence-electron chi connectivity index (χ1n) is 7.78. The molecule has 134 valence electrons. The molecule has 1 unspecified atom stereocenters. The van der Waals surface area contributed by atoms with Crippen LogP contribution in [0.3, 0.4) is 0 Å². The molecule has 1 aromatic carbocycles. The number of aliphatic imine (C=N–C) groups is 1. The number of halogens is 2. The molecule has 0 saturated heterocycles.